The number of aromatic nitrogens is 1. The maximum atomic E-state index is 3.90. The Hall–Kier alpha value is -3.52. The van der Waals surface area contributed by atoms with Gasteiger partial charge in [-0.2, -0.15) is 0 Å². The normalized spacial score (nSPS) is 20.9. The van der Waals surface area contributed by atoms with Crippen LogP contribution in [0.25, 0.3) is 33.4 Å². The van der Waals surface area contributed by atoms with E-state index in [1.807, 2.05) is 0 Å². The van der Waals surface area contributed by atoms with Crippen LogP contribution in [0.3, 0.4) is 0 Å². The second kappa shape index (κ2) is 5.99. The quantitative estimate of drug-likeness (QED) is 0.383. The second-order valence-electron chi connectivity index (χ2n) is 8.50. The highest BCUT2D eigenvalue weighted by Gasteiger charge is 2.35. The van der Waals surface area contributed by atoms with Gasteiger partial charge in [-0.05, 0) is 35.9 Å². The van der Waals surface area contributed by atoms with Crippen LogP contribution in [0.5, 0.6) is 0 Å². The molecule has 2 heterocycles. The highest BCUT2D eigenvalue weighted by Crippen LogP contribution is 2.51. The zero-order valence-electron chi connectivity index (χ0n) is 16.7. The highest BCUT2D eigenvalue weighted by atomic mass is 15.0. The van der Waals surface area contributed by atoms with Gasteiger partial charge in [-0.1, -0.05) is 78.9 Å². The first-order chi connectivity index (χ1) is 14.9. The van der Waals surface area contributed by atoms with Gasteiger partial charge in [-0.3, -0.25) is 0 Å². The van der Waals surface area contributed by atoms with E-state index in [1.54, 1.807) is 0 Å². The lowest BCUT2D eigenvalue weighted by atomic mass is 9.87. The molecule has 144 valence electrons. The fourth-order valence-corrected chi connectivity index (χ4v) is 5.73. The number of nitrogens with one attached hydrogen (secondary N) is 1. The van der Waals surface area contributed by atoms with Crippen molar-refractivity contribution in [2.75, 3.05) is 5.32 Å². The molecule has 0 bridgehead atoms. The summed E-state index contributed by atoms with van der Waals surface area (Å²) < 4.78 is 2.52. The molecule has 30 heavy (non-hydrogen) atoms. The number of benzene rings is 3. The summed E-state index contributed by atoms with van der Waals surface area (Å²) in [5.41, 5.74) is 8.19. The van der Waals surface area contributed by atoms with Crippen molar-refractivity contribution in [1.29, 1.82) is 0 Å². The molecule has 4 aromatic rings. The number of fused-ring (bicyclic) bond motifs is 10. The van der Waals surface area contributed by atoms with E-state index in [0.717, 1.165) is 12.8 Å². The molecule has 0 saturated carbocycles. The van der Waals surface area contributed by atoms with E-state index in [4.69, 9.17) is 0 Å². The molecule has 0 spiro atoms. The summed E-state index contributed by atoms with van der Waals surface area (Å²) in [6.07, 6.45) is 15.9. The fourth-order valence-electron chi connectivity index (χ4n) is 5.73. The van der Waals surface area contributed by atoms with E-state index < -0.39 is 0 Å². The molecule has 1 N–H and O–H groups in total. The first kappa shape index (κ1) is 16.3. The van der Waals surface area contributed by atoms with Crippen LogP contribution in [0.15, 0.2) is 85.0 Å². The summed E-state index contributed by atoms with van der Waals surface area (Å²) in [4.78, 5) is 0. The number of hydrogen-bond acceptors (Lipinski definition) is 1. The molecule has 0 radical (unpaired) electrons. The Morgan fingerprint density at radius 1 is 0.867 bits per heavy atom. The molecule has 2 nitrogen and oxygen atoms in total. The molecular weight excluding hydrogens is 364 g/mol. The Morgan fingerprint density at radius 2 is 1.67 bits per heavy atom. The fraction of sp³-hybridized carbons (Fsp3) is 0.143. The van der Waals surface area contributed by atoms with Crippen LogP contribution in [0.2, 0.25) is 0 Å². The van der Waals surface area contributed by atoms with Crippen LogP contribution in [0.1, 0.15) is 29.2 Å². The van der Waals surface area contributed by atoms with Crippen LogP contribution in [0.4, 0.5) is 5.69 Å². The Morgan fingerprint density at radius 3 is 2.57 bits per heavy atom. The summed E-state index contributed by atoms with van der Waals surface area (Å²) >= 11 is 0. The predicted octanol–water partition coefficient (Wildman–Crippen LogP) is 6.75. The number of allylic oxidation sites excluding steroid dienone is 3. The third kappa shape index (κ3) is 2.03. The van der Waals surface area contributed by atoms with Gasteiger partial charge < -0.3 is 9.88 Å². The summed E-state index contributed by atoms with van der Waals surface area (Å²) in [5.74, 6) is 0.391. The Kier molecular flexibility index (Phi) is 3.25. The molecule has 2 unspecified atom stereocenters. The minimum absolute atomic E-state index is 0.335. The molecule has 3 aliphatic rings. The monoisotopic (exact) mass is 386 g/mol. The van der Waals surface area contributed by atoms with E-state index in [2.05, 4.69) is 101 Å². The molecule has 1 aromatic heterocycles. The van der Waals surface area contributed by atoms with Crippen molar-refractivity contribution in [1.82, 2.24) is 4.57 Å². The van der Waals surface area contributed by atoms with E-state index in [9.17, 15) is 0 Å². The average Bonchev–Trinajstić information content (AvgIpc) is 3.36. The summed E-state index contributed by atoms with van der Waals surface area (Å²) in [7, 11) is 0. The van der Waals surface area contributed by atoms with Crippen molar-refractivity contribution in [3.8, 4) is 5.69 Å². The van der Waals surface area contributed by atoms with Gasteiger partial charge in [0.2, 0.25) is 0 Å². The molecular formula is C28H22N2. The number of rotatable bonds is 1. The van der Waals surface area contributed by atoms with Crippen LogP contribution >= 0.6 is 0 Å². The van der Waals surface area contributed by atoms with Crippen molar-refractivity contribution in [2.24, 2.45) is 0 Å². The first-order valence-corrected chi connectivity index (χ1v) is 10.9. The third-order valence-corrected chi connectivity index (χ3v) is 6.93. The molecule has 2 atom stereocenters. The lowest BCUT2D eigenvalue weighted by Gasteiger charge is -2.17. The largest absolute Gasteiger partial charge is 0.377 e. The Balaban J connectivity index is 1.71. The summed E-state index contributed by atoms with van der Waals surface area (Å²) in [6, 6.07) is 20.2. The highest BCUT2D eigenvalue weighted by molar-refractivity contribution is 6.19. The van der Waals surface area contributed by atoms with Crippen molar-refractivity contribution in [2.45, 2.75) is 24.8 Å². The average molecular weight is 386 g/mol. The predicted molar refractivity (Wildman–Crippen MR) is 127 cm³/mol. The van der Waals surface area contributed by atoms with Crippen molar-refractivity contribution in [3.63, 3.8) is 0 Å². The van der Waals surface area contributed by atoms with Crippen molar-refractivity contribution >= 4 is 33.4 Å². The van der Waals surface area contributed by atoms with E-state index in [-0.39, 0.29) is 0 Å². The Bertz CT molecular complexity index is 1420. The standard InChI is InChI=1S/C28H22N2/c1-2-10-18(11-3-1)30-24-17-9-7-15-22(24)26-27-25(21-14-6-8-16-23(21)29-27)19-12-4-5-13-20(19)28(26)30/h1-8,10-16,21,23,29H,9,17H2. The summed E-state index contributed by atoms with van der Waals surface area (Å²) in [6.45, 7) is 0. The molecule has 2 heteroatoms. The Labute approximate surface area is 175 Å². The number of para-hydroxylation sites is 1. The van der Waals surface area contributed by atoms with Crippen LogP contribution in [-0.4, -0.2) is 10.6 Å². The lowest BCUT2D eigenvalue weighted by Crippen LogP contribution is -2.17. The van der Waals surface area contributed by atoms with E-state index in [1.165, 1.54) is 49.9 Å². The van der Waals surface area contributed by atoms with Crippen LogP contribution in [-0.2, 0) is 6.42 Å². The minimum atomic E-state index is 0.335. The first-order valence-electron chi connectivity index (χ1n) is 10.9. The van der Waals surface area contributed by atoms with Crippen LogP contribution < -0.4 is 5.32 Å². The SMILES string of the molecule is C1=CC2Nc3c(c4ccccc4c4c3c3c(n4-c4ccccc4)CCC=C3)C2C=C1. The third-order valence-electron chi connectivity index (χ3n) is 6.93. The molecule has 0 amide bonds. The molecule has 1 aliphatic heterocycles. The van der Waals surface area contributed by atoms with E-state index >= 15 is 0 Å². The maximum absolute atomic E-state index is 3.90. The molecule has 2 aliphatic carbocycles. The zero-order valence-corrected chi connectivity index (χ0v) is 16.7. The molecule has 0 saturated heterocycles. The van der Waals surface area contributed by atoms with Gasteiger partial charge in [0.1, 0.15) is 0 Å². The van der Waals surface area contributed by atoms with Gasteiger partial charge in [-0.15, -0.1) is 0 Å². The number of nitrogens with zero attached hydrogens (tertiary/aromatic N) is 1. The summed E-state index contributed by atoms with van der Waals surface area (Å²) in [5, 5.41) is 8.01. The van der Waals surface area contributed by atoms with Gasteiger partial charge in [0.25, 0.3) is 0 Å². The van der Waals surface area contributed by atoms with Crippen molar-refractivity contribution < 1.29 is 0 Å². The second-order valence-corrected chi connectivity index (χ2v) is 8.50. The number of anilines is 1. The van der Waals surface area contributed by atoms with Gasteiger partial charge in [0.05, 0.1) is 11.6 Å². The topological polar surface area (TPSA) is 17.0 Å². The van der Waals surface area contributed by atoms with Gasteiger partial charge in [0, 0.05) is 39.3 Å². The molecule has 7 rings (SSSR count). The minimum Gasteiger partial charge on any atom is -0.377 e. The lowest BCUT2D eigenvalue weighted by molar-refractivity contribution is 0.809. The van der Waals surface area contributed by atoms with Gasteiger partial charge in [0.15, 0.2) is 0 Å². The smallest absolute Gasteiger partial charge is 0.0637 e. The maximum Gasteiger partial charge on any atom is 0.0637 e. The van der Waals surface area contributed by atoms with Gasteiger partial charge in [-0.25, -0.2) is 0 Å². The number of hydrogen-bond donors (Lipinski definition) is 1. The van der Waals surface area contributed by atoms with Gasteiger partial charge >= 0.3 is 0 Å². The zero-order chi connectivity index (χ0) is 19.7. The van der Waals surface area contributed by atoms with E-state index in [0.29, 0.717) is 12.0 Å². The van der Waals surface area contributed by atoms with Crippen LogP contribution in [0, 0.1) is 0 Å². The van der Waals surface area contributed by atoms with Crippen molar-refractivity contribution in [3.05, 3.63) is 102 Å². The molecule has 0 fully saturated rings. The molecule has 3 aromatic carbocycles.